The first-order valence-corrected chi connectivity index (χ1v) is 4.48. The fourth-order valence-corrected chi connectivity index (χ4v) is 0. The molecule has 0 spiro atoms. The second-order valence-corrected chi connectivity index (χ2v) is 1.83. The second kappa shape index (κ2) is 9.98. The van der Waals surface area contributed by atoms with Gasteiger partial charge in [0.1, 0.15) is 0 Å². The molecule has 0 bridgehead atoms. The van der Waals surface area contributed by atoms with Crippen molar-refractivity contribution in [2.24, 2.45) is 0 Å². The van der Waals surface area contributed by atoms with Crippen molar-refractivity contribution in [1.82, 2.24) is 0 Å². The molecule has 0 N–H and O–H groups in total. The predicted octanol–water partition coefficient (Wildman–Crippen LogP) is -4.27. The second-order valence-electron chi connectivity index (χ2n) is 0.224. The third kappa shape index (κ3) is 39.9. The molecule has 0 saturated heterocycles. The van der Waals surface area contributed by atoms with Crippen LogP contribution in [0.1, 0.15) is 0 Å². The standard InChI is InChI=1S/FH.K.3O.Ta/h1H;;;;;/q;+1;;;-1;. The van der Waals surface area contributed by atoms with Gasteiger partial charge in [0.05, 0.1) is 0 Å². The van der Waals surface area contributed by atoms with E-state index in [2.05, 4.69) is 0 Å². The van der Waals surface area contributed by atoms with Crippen LogP contribution in [0.5, 0.6) is 0 Å². The molecule has 0 rings (SSSR count). The van der Waals surface area contributed by atoms with Crippen molar-refractivity contribution in [1.29, 1.82) is 0 Å². The fraction of sp³-hybridized carbons (Fsp3) is 0. The van der Waals surface area contributed by atoms with E-state index < -0.39 is 18.8 Å². The first-order valence-electron chi connectivity index (χ1n) is 0.548. The molecule has 0 amide bonds. The molecule has 0 aliphatic carbocycles. The van der Waals surface area contributed by atoms with E-state index in [1.54, 1.807) is 0 Å². The van der Waals surface area contributed by atoms with Crippen molar-refractivity contribution in [3.8, 4) is 0 Å². The van der Waals surface area contributed by atoms with Crippen LogP contribution in [-0.4, -0.2) is 0 Å². The van der Waals surface area contributed by atoms with Gasteiger partial charge in [-0.05, 0) is 0 Å². The molecule has 0 aliphatic heterocycles. The van der Waals surface area contributed by atoms with Gasteiger partial charge in [-0.1, -0.05) is 0 Å². The van der Waals surface area contributed by atoms with Crippen LogP contribution >= 0.6 is 0 Å². The normalized spacial score (nSPS) is 4.17. The molecule has 0 aliphatic rings. The van der Waals surface area contributed by atoms with E-state index in [0.717, 1.165) is 0 Å². The number of rotatable bonds is 0. The van der Waals surface area contributed by atoms with Crippen LogP contribution < -0.4 is 55.0 Å². The third-order valence-electron chi connectivity index (χ3n) is 0. The van der Waals surface area contributed by atoms with Crippen LogP contribution in [0, 0.1) is 0 Å². The van der Waals surface area contributed by atoms with Gasteiger partial charge in [-0.15, -0.1) is 0 Å². The van der Waals surface area contributed by atoms with Gasteiger partial charge in [0, 0.05) is 0 Å². The average Bonchev–Trinajstić information content (AvgIpc) is 0.811. The molecule has 0 aromatic heterocycles. The van der Waals surface area contributed by atoms with Gasteiger partial charge in [-0.3, -0.25) is 4.70 Å². The van der Waals surface area contributed by atoms with Gasteiger partial charge >= 0.3 is 80.3 Å². The first-order chi connectivity index (χ1) is 1.73. The maximum atomic E-state index is 8.62. The van der Waals surface area contributed by atoms with Crippen LogP contribution in [-0.2, 0) is 25.3 Å². The van der Waals surface area contributed by atoms with Crippen molar-refractivity contribution in [2.45, 2.75) is 0 Å². The van der Waals surface area contributed by atoms with E-state index in [1.165, 1.54) is 0 Å². The van der Waals surface area contributed by atoms with Gasteiger partial charge in [-0.2, -0.15) is 0 Å². The molecule has 3 nitrogen and oxygen atoms in total. The van der Waals surface area contributed by atoms with Gasteiger partial charge in [0.25, 0.3) is 0 Å². The summed E-state index contributed by atoms with van der Waals surface area (Å²) in [7, 11) is 0. The minimum atomic E-state index is -4.34. The van der Waals surface area contributed by atoms with Crippen molar-refractivity contribution in [3.05, 3.63) is 0 Å². The number of hydrogen-bond acceptors (Lipinski definition) is 3. The molecule has 0 saturated carbocycles. The Hall–Kier alpha value is 1.87. The van der Waals surface area contributed by atoms with Crippen LogP contribution in [0.4, 0.5) is 4.70 Å². The maximum absolute atomic E-state index is 8.62. The summed E-state index contributed by atoms with van der Waals surface area (Å²) in [6.07, 6.45) is 0. The SMILES string of the molecule is F.[K+].[O]=[Ta](=[O])[O-]. The van der Waals surface area contributed by atoms with Crippen LogP contribution in [0.25, 0.3) is 0 Å². The van der Waals surface area contributed by atoms with Gasteiger partial charge in [0.15, 0.2) is 0 Å². The molecule has 0 aromatic carbocycles. The van der Waals surface area contributed by atoms with Gasteiger partial charge in [0.2, 0.25) is 0 Å². The van der Waals surface area contributed by atoms with E-state index >= 15 is 0 Å². The van der Waals surface area contributed by atoms with E-state index in [4.69, 9.17) is 10.1 Å². The predicted molar refractivity (Wildman–Crippen MR) is 3.88 cm³/mol. The first kappa shape index (κ1) is 15.7. The molecule has 6 heavy (non-hydrogen) atoms. The summed E-state index contributed by atoms with van der Waals surface area (Å²) >= 11 is -4.34. The van der Waals surface area contributed by atoms with Crippen molar-refractivity contribution in [2.75, 3.05) is 0 Å². The molecule has 6 heteroatoms. The number of hydrogen-bond donors (Lipinski definition) is 0. The van der Waals surface area contributed by atoms with Gasteiger partial charge in [-0.25, -0.2) is 0 Å². The molecule has 32 valence electrons. The van der Waals surface area contributed by atoms with Crippen molar-refractivity contribution >= 4 is 0 Å². The Morgan fingerprint density at radius 3 is 1.33 bits per heavy atom. The Bertz CT molecular complexity index is 59.2. The quantitative estimate of drug-likeness (QED) is 0.424. The average molecular weight is 288 g/mol. The molecule has 0 unspecified atom stereocenters. The van der Waals surface area contributed by atoms with Crippen molar-refractivity contribution < 1.29 is 85.0 Å². The summed E-state index contributed by atoms with van der Waals surface area (Å²) in [6, 6.07) is 0. The summed E-state index contributed by atoms with van der Waals surface area (Å²) in [4.78, 5) is 0. The molecule has 0 radical (unpaired) electrons. The monoisotopic (exact) mass is 288 g/mol. The van der Waals surface area contributed by atoms with E-state index in [-0.39, 0.29) is 56.1 Å². The Kier molecular flexibility index (Phi) is 26.0. The third-order valence-corrected chi connectivity index (χ3v) is 0. The van der Waals surface area contributed by atoms with Crippen LogP contribution in [0.2, 0.25) is 0 Å². The summed E-state index contributed by atoms with van der Waals surface area (Å²) in [5.74, 6) is 0. The zero-order valence-corrected chi connectivity index (χ0v) is 9.42. The Balaban J connectivity index is -0.0000000450. The fourth-order valence-electron chi connectivity index (χ4n) is 0. The molecule has 0 fully saturated rings. The van der Waals surface area contributed by atoms with E-state index in [1.807, 2.05) is 0 Å². The molecular weight excluding hydrogens is 287 g/mol. The summed E-state index contributed by atoms with van der Waals surface area (Å²) in [6.45, 7) is 0. The van der Waals surface area contributed by atoms with Crippen LogP contribution in [0.15, 0.2) is 0 Å². The topological polar surface area (TPSA) is 57.2 Å². The van der Waals surface area contributed by atoms with Crippen LogP contribution in [0.3, 0.4) is 0 Å². The summed E-state index contributed by atoms with van der Waals surface area (Å²) < 4.78 is 25.9. The zero-order valence-electron chi connectivity index (χ0n) is 3.08. The summed E-state index contributed by atoms with van der Waals surface area (Å²) in [5.41, 5.74) is 0. The molecule has 0 atom stereocenters. The Morgan fingerprint density at radius 2 is 1.33 bits per heavy atom. The Labute approximate surface area is 83.2 Å². The van der Waals surface area contributed by atoms with Gasteiger partial charge < -0.3 is 0 Å². The van der Waals surface area contributed by atoms with E-state index in [0.29, 0.717) is 0 Å². The summed E-state index contributed by atoms with van der Waals surface area (Å²) in [5, 5.41) is 0. The molecule has 0 heterocycles. The molecular formula is HFKO3Ta. The number of halogens is 1. The Morgan fingerprint density at radius 1 is 1.33 bits per heavy atom. The minimum absolute atomic E-state index is 0. The zero-order chi connectivity index (χ0) is 3.58. The van der Waals surface area contributed by atoms with E-state index in [9.17, 15) is 0 Å². The molecule has 0 aromatic rings. The van der Waals surface area contributed by atoms with Crippen molar-refractivity contribution in [3.63, 3.8) is 0 Å².